The predicted molar refractivity (Wildman–Crippen MR) is 76.5 cm³/mol. The highest BCUT2D eigenvalue weighted by Gasteiger charge is 2.11. The fourth-order valence-electron chi connectivity index (χ4n) is 2.14. The van der Waals surface area contributed by atoms with E-state index in [1.54, 1.807) is 17.4 Å². The summed E-state index contributed by atoms with van der Waals surface area (Å²) in [5, 5.41) is 3.31. The number of rotatable bonds is 4. The SMILES string of the molecule is CCC(NC)c1ccc(-c2ccc(F)cc2C)s1. The molecule has 0 saturated carbocycles. The monoisotopic (exact) mass is 263 g/mol. The molecule has 1 atom stereocenters. The number of hydrogen-bond donors (Lipinski definition) is 1. The second-order valence-corrected chi connectivity index (χ2v) is 5.53. The molecule has 0 aliphatic carbocycles. The van der Waals surface area contributed by atoms with E-state index in [-0.39, 0.29) is 5.82 Å². The Morgan fingerprint density at radius 2 is 2.06 bits per heavy atom. The zero-order chi connectivity index (χ0) is 13.1. The van der Waals surface area contributed by atoms with Crippen molar-refractivity contribution in [1.82, 2.24) is 5.32 Å². The maximum Gasteiger partial charge on any atom is 0.123 e. The van der Waals surface area contributed by atoms with E-state index in [0.29, 0.717) is 6.04 Å². The average molecular weight is 263 g/mol. The minimum Gasteiger partial charge on any atom is -0.312 e. The summed E-state index contributed by atoms with van der Waals surface area (Å²) in [6.45, 7) is 4.12. The number of hydrogen-bond acceptors (Lipinski definition) is 2. The highest BCUT2D eigenvalue weighted by Crippen LogP contribution is 2.34. The van der Waals surface area contributed by atoms with Crippen molar-refractivity contribution in [2.24, 2.45) is 0 Å². The first kappa shape index (κ1) is 13.2. The molecule has 0 radical (unpaired) electrons. The molecule has 2 aromatic rings. The van der Waals surface area contributed by atoms with Crippen LogP contribution in [0.5, 0.6) is 0 Å². The smallest absolute Gasteiger partial charge is 0.123 e. The van der Waals surface area contributed by atoms with Crippen molar-refractivity contribution in [3.05, 3.63) is 46.6 Å². The van der Waals surface area contributed by atoms with Crippen LogP contribution in [0.25, 0.3) is 10.4 Å². The van der Waals surface area contributed by atoms with E-state index in [1.807, 2.05) is 20.0 Å². The first-order chi connectivity index (χ1) is 8.65. The maximum absolute atomic E-state index is 13.1. The summed E-state index contributed by atoms with van der Waals surface area (Å²) in [7, 11) is 1.98. The largest absolute Gasteiger partial charge is 0.312 e. The van der Waals surface area contributed by atoms with E-state index < -0.39 is 0 Å². The summed E-state index contributed by atoms with van der Waals surface area (Å²) in [5.74, 6) is -0.172. The molecule has 0 bridgehead atoms. The van der Waals surface area contributed by atoms with Gasteiger partial charge in [-0.05, 0) is 55.8 Å². The van der Waals surface area contributed by atoms with E-state index in [9.17, 15) is 4.39 Å². The molecule has 3 heteroatoms. The summed E-state index contributed by atoms with van der Waals surface area (Å²) < 4.78 is 13.1. The standard InChI is InChI=1S/C15H18FNS/c1-4-13(17-3)15-8-7-14(18-15)12-6-5-11(16)9-10(12)2/h5-9,13,17H,4H2,1-3H3. The summed E-state index contributed by atoms with van der Waals surface area (Å²) in [5.41, 5.74) is 2.11. The van der Waals surface area contributed by atoms with Gasteiger partial charge in [0.2, 0.25) is 0 Å². The summed E-state index contributed by atoms with van der Waals surface area (Å²) >= 11 is 1.78. The number of benzene rings is 1. The van der Waals surface area contributed by atoms with Crippen molar-refractivity contribution < 1.29 is 4.39 Å². The van der Waals surface area contributed by atoms with Crippen LogP contribution in [0.15, 0.2) is 30.3 Å². The Labute approximate surface area is 112 Å². The quantitative estimate of drug-likeness (QED) is 0.854. The highest BCUT2D eigenvalue weighted by molar-refractivity contribution is 7.15. The molecule has 96 valence electrons. The zero-order valence-corrected chi connectivity index (χ0v) is 11.8. The van der Waals surface area contributed by atoms with Gasteiger partial charge in [0.1, 0.15) is 5.82 Å². The Morgan fingerprint density at radius 1 is 1.28 bits per heavy atom. The molecular formula is C15H18FNS. The Balaban J connectivity index is 2.34. The highest BCUT2D eigenvalue weighted by atomic mass is 32.1. The molecule has 1 aromatic carbocycles. The molecule has 0 fully saturated rings. The molecule has 18 heavy (non-hydrogen) atoms. The lowest BCUT2D eigenvalue weighted by Gasteiger charge is -2.10. The van der Waals surface area contributed by atoms with Crippen molar-refractivity contribution in [3.8, 4) is 10.4 Å². The van der Waals surface area contributed by atoms with E-state index in [1.165, 1.54) is 15.8 Å². The Hall–Kier alpha value is -1.19. The molecule has 1 aromatic heterocycles. The van der Waals surface area contributed by atoms with Crippen LogP contribution in [0.4, 0.5) is 4.39 Å². The van der Waals surface area contributed by atoms with Crippen LogP contribution in [0, 0.1) is 12.7 Å². The van der Waals surface area contributed by atoms with Gasteiger partial charge in [-0.1, -0.05) is 13.0 Å². The topological polar surface area (TPSA) is 12.0 Å². The van der Waals surface area contributed by atoms with E-state index in [4.69, 9.17) is 0 Å². The molecule has 1 nitrogen and oxygen atoms in total. The number of thiophene rings is 1. The van der Waals surface area contributed by atoms with Crippen LogP contribution in [0.2, 0.25) is 0 Å². The maximum atomic E-state index is 13.1. The van der Waals surface area contributed by atoms with E-state index >= 15 is 0 Å². The molecule has 0 saturated heterocycles. The minimum absolute atomic E-state index is 0.172. The number of halogens is 1. The Morgan fingerprint density at radius 3 is 2.67 bits per heavy atom. The fraction of sp³-hybridized carbons (Fsp3) is 0.333. The van der Waals surface area contributed by atoms with Gasteiger partial charge in [-0.15, -0.1) is 11.3 Å². The molecule has 1 heterocycles. The average Bonchev–Trinajstić information content (AvgIpc) is 2.80. The predicted octanol–water partition coefficient (Wildman–Crippen LogP) is 4.53. The molecular weight excluding hydrogens is 245 g/mol. The van der Waals surface area contributed by atoms with Gasteiger partial charge in [-0.3, -0.25) is 0 Å². The van der Waals surface area contributed by atoms with Crippen LogP contribution in [-0.2, 0) is 0 Å². The van der Waals surface area contributed by atoms with Gasteiger partial charge in [-0.25, -0.2) is 4.39 Å². The molecule has 2 rings (SSSR count). The Kier molecular flexibility index (Phi) is 4.15. The summed E-state index contributed by atoms with van der Waals surface area (Å²) in [4.78, 5) is 2.54. The van der Waals surface area contributed by atoms with Crippen molar-refractivity contribution in [2.75, 3.05) is 7.05 Å². The van der Waals surface area contributed by atoms with Gasteiger partial charge >= 0.3 is 0 Å². The molecule has 1 N–H and O–H groups in total. The fourth-order valence-corrected chi connectivity index (χ4v) is 3.43. The van der Waals surface area contributed by atoms with Crippen LogP contribution in [-0.4, -0.2) is 7.05 Å². The zero-order valence-electron chi connectivity index (χ0n) is 11.0. The lowest BCUT2D eigenvalue weighted by atomic mass is 10.1. The van der Waals surface area contributed by atoms with Gasteiger partial charge in [0.25, 0.3) is 0 Å². The van der Waals surface area contributed by atoms with E-state index in [0.717, 1.165) is 17.5 Å². The molecule has 0 aliphatic heterocycles. The summed E-state index contributed by atoms with van der Waals surface area (Å²) in [6, 6.07) is 9.67. The molecule has 1 unspecified atom stereocenters. The molecule has 0 aliphatic rings. The minimum atomic E-state index is -0.172. The van der Waals surface area contributed by atoms with Crippen LogP contribution < -0.4 is 5.32 Å². The van der Waals surface area contributed by atoms with Gasteiger partial charge in [0, 0.05) is 15.8 Å². The third-order valence-electron chi connectivity index (χ3n) is 3.18. The molecule has 0 spiro atoms. The van der Waals surface area contributed by atoms with Gasteiger partial charge in [0.05, 0.1) is 0 Å². The first-order valence-electron chi connectivity index (χ1n) is 6.19. The van der Waals surface area contributed by atoms with Crippen LogP contribution >= 0.6 is 11.3 Å². The summed E-state index contributed by atoms with van der Waals surface area (Å²) in [6.07, 6.45) is 1.07. The van der Waals surface area contributed by atoms with Crippen molar-refractivity contribution in [1.29, 1.82) is 0 Å². The second-order valence-electron chi connectivity index (χ2n) is 4.41. The van der Waals surface area contributed by atoms with Crippen LogP contribution in [0.1, 0.15) is 29.8 Å². The van der Waals surface area contributed by atoms with Crippen molar-refractivity contribution >= 4 is 11.3 Å². The second kappa shape index (κ2) is 5.63. The third-order valence-corrected chi connectivity index (χ3v) is 4.41. The lowest BCUT2D eigenvalue weighted by Crippen LogP contribution is -2.13. The normalized spacial score (nSPS) is 12.7. The lowest BCUT2D eigenvalue weighted by molar-refractivity contribution is 0.586. The molecule has 0 amide bonds. The number of aryl methyl sites for hydroxylation is 1. The van der Waals surface area contributed by atoms with Crippen molar-refractivity contribution in [2.45, 2.75) is 26.3 Å². The first-order valence-corrected chi connectivity index (χ1v) is 7.01. The number of nitrogens with one attached hydrogen (secondary N) is 1. The van der Waals surface area contributed by atoms with Crippen LogP contribution in [0.3, 0.4) is 0 Å². The van der Waals surface area contributed by atoms with Gasteiger partial charge in [0.15, 0.2) is 0 Å². The van der Waals surface area contributed by atoms with Gasteiger partial charge < -0.3 is 5.32 Å². The van der Waals surface area contributed by atoms with Crippen molar-refractivity contribution in [3.63, 3.8) is 0 Å². The Bertz CT molecular complexity index is 529. The van der Waals surface area contributed by atoms with Gasteiger partial charge in [-0.2, -0.15) is 0 Å². The van der Waals surface area contributed by atoms with E-state index in [2.05, 4.69) is 24.4 Å². The third kappa shape index (κ3) is 2.62.